The molecule has 0 aliphatic carbocycles. The zero-order valence-corrected chi connectivity index (χ0v) is 13.5. The third-order valence-corrected chi connectivity index (χ3v) is 5.07. The van der Waals surface area contributed by atoms with Gasteiger partial charge in [-0.2, -0.15) is 0 Å². The van der Waals surface area contributed by atoms with Gasteiger partial charge in [0.2, 0.25) is 5.91 Å². The first-order chi connectivity index (χ1) is 10.7. The molecule has 22 heavy (non-hydrogen) atoms. The number of furan rings is 1. The van der Waals surface area contributed by atoms with E-state index in [-0.39, 0.29) is 11.9 Å². The molecule has 4 nitrogen and oxygen atoms in total. The SMILES string of the molecule is CC1CCN(C(=O)CSc2ccncc2)C(c2ccco2)C1. The maximum atomic E-state index is 12.6. The summed E-state index contributed by atoms with van der Waals surface area (Å²) in [5.74, 6) is 2.14. The maximum absolute atomic E-state index is 12.6. The first kappa shape index (κ1) is 15.2. The van der Waals surface area contributed by atoms with Gasteiger partial charge < -0.3 is 9.32 Å². The van der Waals surface area contributed by atoms with Crippen LogP contribution in [-0.2, 0) is 4.79 Å². The third kappa shape index (κ3) is 3.53. The van der Waals surface area contributed by atoms with E-state index in [1.165, 1.54) is 0 Å². The fourth-order valence-electron chi connectivity index (χ4n) is 2.85. The van der Waals surface area contributed by atoms with Crippen LogP contribution in [0.5, 0.6) is 0 Å². The van der Waals surface area contributed by atoms with Gasteiger partial charge in [-0.3, -0.25) is 9.78 Å². The van der Waals surface area contributed by atoms with Gasteiger partial charge in [0.25, 0.3) is 0 Å². The molecule has 1 aliphatic heterocycles. The molecule has 1 aliphatic rings. The zero-order valence-electron chi connectivity index (χ0n) is 12.6. The van der Waals surface area contributed by atoms with Gasteiger partial charge in [-0.25, -0.2) is 0 Å². The largest absolute Gasteiger partial charge is 0.467 e. The Labute approximate surface area is 134 Å². The number of piperidine rings is 1. The van der Waals surface area contributed by atoms with Crippen LogP contribution in [-0.4, -0.2) is 28.1 Å². The Morgan fingerprint density at radius 3 is 2.95 bits per heavy atom. The molecule has 0 radical (unpaired) electrons. The number of aromatic nitrogens is 1. The molecular formula is C17H20N2O2S. The van der Waals surface area contributed by atoms with Crippen molar-refractivity contribution in [2.75, 3.05) is 12.3 Å². The highest BCUT2D eigenvalue weighted by molar-refractivity contribution is 8.00. The van der Waals surface area contributed by atoms with Gasteiger partial charge in [-0.05, 0) is 43.0 Å². The molecule has 3 heterocycles. The number of amides is 1. The van der Waals surface area contributed by atoms with Crippen LogP contribution in [0.25, 0.3) is 0 Å². The second-order valence-electron chi connectivity index (χ2n) is 5.72. The Balaban J connectivity index is 1.67. The van der Waals surface area contributed by atoms with Crippen molar-refractivity contribution >= 4 is 17.7 Å². The number of thioether (sulfide) groups is 1. The van der Waals surface area contributed by atoms with E-state index in [1.54, 1.807) is 30.4 Å². The Hall–Kier alpha value is -1.75. The highest BCUT2D eigenvalue weighted by Gasteiger charge is 2.32. The number of likely N-dealkylation sites (tertiary alicyclic amines) is 1. The lowest BCUT2D eigenvalue weighted by Crippen LogP contribution is -2.41. The van der Waals surface area contributed by atoms with Gasteiger partial charge in [-0.1, -0.05) is 6.92 Å². The van der Waals surface area contributed by atoms with E-state index < -0.39 is 0 Å². The average molecular weight is 316 g/mol. The molecule has 0 spiro atoms. The molecule has 1 saturated heterocycles. The third-order valence-electron chi connectivity index (χ3n) is 4.07. The van der Waals surface area contributed by atoms with Crippen LogP contribution in [0.4, 0.5) is 0 Å². The highest BCUT2D eigenvalue weighted by Crippen LogP contribution is 2.35. The molecule has 0 N–H and O–H groups in total. The molecular weight excluding hydrogens is 296 g/mol. The molecule has 0 bridgehead atoms. The molecule has 0 saturated carbocycles. The summed E-state index contributed by atoms with van der Waals surface area (Å²) in [6, 6.07) is 7.80. The fourth-order valence-corrected chi connectivity index (χ4v) is 3.62. The van der Waals surface area contributed by atoms with E-state index in [0.717, 1.165) is 30.0 Å². The number of carbonyl (C=O) groups excluding carboxylic acids is 1. The summed E-state index contributed by atoms with van der Waals surface area (Å²) in [7, 11) is 0. The number of nitrogens with zero attached hydrogens (tertiary/aromatic N) is 2. The van der Waals surface area contributed by atoms with E-state index in [1.807, 2.05) is 29.2 Å². The Kier molecular flexibility index (Phi) is 4.83. The first-order valence-corrected chi connectivity index (χ1v) is 8.58. The lowest BCUT2D eigenvalue weighted by molar-refractivity contribution is -0.133. The number of carbonyl (C=O) groups is 1. The van der Waals surface area contributed by atoms with Gasteiger partial charge in [0.15, 0.2) is 0 Å². The molecule has 116 valence electrons. The van der Waals surface area contributed by atoms with Crippen molar-refractivity contribution in [2.24, 2.45) is 5.92 Å². The van der Waals surface area contributed by atoms with Gasteiger partial charge in [0.05, 0.1) is 18.1 Å². The van der Waals surface area contributed by atoms with Crippen molar-refractivity contribution in [2.45, 2.75) is 30.7 Å². The molecule has 3 rings (SSSR count). The summed E-state index contributed by atoms with van der Waals surface area (Å²) in [4.78, 5) is 19.7. The molecule has 1 fully saturated rings. The summed E-state index contributed by atoms with van der Waals surface area (Å²) in [6.45, 7) is 3.05. The second-order valence-corrected chi connectivity index (χ2v) is 6.77. The minimum absolute atomic E-state index is 0.0734. The molecule has 2 aromatic rings. The minimum Gasteiger partial charge on any atom is -0.467 e. The standard InChI is InChI=1S/C17H20N2O2S/c1-13-6-9-19(15(11-13)16-3-2-10-21-16)17(20)12-22-14-4-7-18-8-5-14/h2-5,7-8,10,13,15H,6,9,11-12H2,1H3. The van der Waals surface area contributed by atoms with Crippen LogP contribution >= 0.6 is 11.8 Å². The van der Waals surface area contributed by atoms with Crippen LogP contribution < -0.4 is 0 Å². The normalized spacial score (nSPS) is 21.8. The highest BCUT2D eigenvalue weighted by atomic mass is 32.2. The van der Waals surface area contributed by atoms with Crippen LogP contribution in [0.3, 0.4) is 0 Å². The van der Waals surface area contributed by atoms with E-state index in [0.29, 0.717) is 11.7 Å². The van der Waals surface area contributed by atoms with Crippen molar-refractivity contribution < 1.29 is 9.21 Å². The van der Waals surface area contributed by atoms with Gasteiger partial charge >= 0.3 is 0 Å². The summed E-state index contributed by atoms with van der Waals surface area (Å²) < 4.78 is 5.56. The zero-order chi connectivity index (χ0) is 15.4. The van der Waals surface area contributed by atoms with Crippen LogP contribution in [0, 0.1) is 5.92 Å². The topological polar surface area (TPSA) is 46.3 Å². The lowest BCUT2D eigenvalue weighted by atomic mass is 9.91. The van der Waals surface area contributed by atoms with Crippen molar-refractivity contribution in [1.82, 2.24) is 9.88 Å². The molecule has 2 unspecified atom stereocenters. The van der Waals surface area contributed by atoms with Crippen molar-refractivity contribution in [1.29, 1.82) is 0 Å². The van der Waals surface area contributed by atoms with Gasteiger partial charge in [0, 0.05) is 23.8 Å². The van der Waals surface area contributed by atoms with E-state index in [9.17, 15) is 4.79 Å². The smallest absolute Gasteiger partial charge is 0.233 e. The predicted molar refractivity (Wildman–Crippen MR) is 86.5 cm³/mol. The summed E-state index contributed by atoms with van der Waals surface area (Å²) in [5.41, 5.74) is 0. The van der Waals surface area contributed by atoms with Crippen molar-refractivity contribution in [3.63, 3.8) is 0 Å². The molecule has 1 amide bonds. The summed E-state index contributed by atoms with van der Waals surface area (Å²) >= 11 is 1.56. The average Bonchev–Trinajstić information content (AvgIpc) is 3.08. The van der Waals surface area contributed by atoms with Crippen molar-refractivity contribution in [3.05, 3.63) is 48.7 Å². The number of rotatable bonds is 4. The Morgan fingerprint density at radius 1 is 1.41 bits per heavy atom. The Bertz CT molecular complexity index is 600. The molecule has 5 heteroatoms. The van der Waals surface area contributed by atoms with Crippen LogP contribution in [0.2, 0.25) is 0 Å². The molecule has 2 aromatic heterocycles. The summed E-state index contributed by atoms with van der Waals surface area (Å²) in [5, 5.41) is 0. The van der Waals surface area contributed by atoms with E-state index in [4.69, 9.17) is 4.42 Å². The Morgan fingerprint density at radius 2 is 2.23 bits per heavy atom. The lowest BCUT2D eigenvalue weighted by Gasteiger charge is -2.37. The molecule has 0 aromatic carbocycles. The van der Waals surface area contributed by atoms with Crippen molar-refractivity contribution in [3.8, 4) is 0 Å². The minimum atomic E-state index is 0.0734. The fraction of sp³-hybridized carbons (Fsp3) is 0.412. The maximum Gasteiger partial charge on any atom is 0.233 e. The van der Waals surface area contributed by atoms with Crippen LogP contribution in [0.1, 0.15) is 31.6 Å². The predicted octanol–water partition coefficient (Wildman–Crippen LogP) is 3.77. The first-order valence-electron chi connectivity index (χ1n) is 7.59. The quantitative estimate of drug-likeness (QED) is 0.806. The van der Waals surface area contributed by atoms with E-state index in [2.05, 4.69) is 11.9 Å². The van der Waals surface area contributed by atoms with Crippen LogP contribution in [0.15, 0.2) is 52.2 Å². The second kappa shape index (κ2) is 7.01. The molecule has 2 atom stereocenters. The van der Waals surface area contributed by atoms with Gasteiger partial charge in [0.1, 0.15) is 5.76 Å². The number of pyridine rings is 1. The number of hydrogen-bond donors (Lipinski definition) is 0. The van der Waals surface area contributed by atoms with E-state index >= 15 is 0 Å². The monoisotopic (exact) mass is 316 g/mol. The van der Waals surface area contributed by atoms with Gasteiger partial charge in [-0.15, -0.1) is 11.8 Å². The number of hydrogen-bond acceptors (Lipinski definition) is 4. The summed E-state index contributed by atoms with van der Waals surface area (Å²) in [6.07, 6.45) is 7.22.